The minimum absolute atomic E-state index is 0.490. The Morgan fingerprint density at radius 2 is 2.17 bits per heavy atom. The molecule has 2 rings (SSSR count). The van der Waals surface area contributed by atoms with Crippen molar-refractivity contribution in [3.05, 3.63) is 51.6 Å². The van der Waals surface area contributed by atoms with Crippen LogP contribution < -0.4 is 0 Å². The lowest BCUT2D eigenvalue weighted by atomic mass is 10.1. The zero-order valence-electron chi connectivity index (χ0n) is 10.4. The van der Waals surface area contributed by atoms with Gasteiger partial charge in [-0.25, -0.2) is 4.98 Å². The van der Waals surface area contributed by atoms with E-state index in [1.807, 2.05) is 30.5 Å². The molecule has 0 aliphatic carbocycles. The SMILES string of the molecule is CCCn1ccnc1CC(O)c1ccccc1I. The standard InChI is InChI=1S/C14H17IN2O/c1-2-8-17-9-7-16-14(17)10-13(18)11-5-3-4-6-12(11)15/h3-7,9,13,18H,2,8,10H2,1H3. The van der Waals surface area contributed by atoms with Crippen molar-refractivity contribution in [3.63, 3.8) is 0 Å². The van der Waals surface area contributed by atoms with E-state index in [1.54, 1.807) is 6.20 Å². The Morgan fingerprint density at radius 1 is 1.39 bits per heavy atom. The number of hydrogen-bond acceptors (Lipinski definition) is 2. The highest BCUT2D eigenvalue weighted by Gasteiger charge is 2.14. The maximum atomic E-state index is 10.3. The molecule has 0 saturated carbocycles. The number of rotatable bonds is 5. The summed E-state index contributed by atoms with van der Waals surface area (Å²) in [6.07, 6.45) is 4.92. The first-order valence-electron chi connectivity index (χ1n) is 6.15. The van der Waals surface area contributed by atoms with Crippen molar-refractivity contribution in [1.82, 2.24) is 9.55 Å². The first-order chi connectivity index (χ1) is 8.72. The van der Waals surface area contributed by atoms with Crippen LogP contribution in [0.1, 0.15) is 30.8 Å². The van der Waals surface area contributed by atoms with Crippen LogP contribution in [0.15, 0.2) is 36.7 Å². The quantitative estimate of drug-likeness (QED) is 0.836. The third kappa shape index (κ3) is 3.11. The van der Waals surface area contributed by atoms with Gasteiger partial charge in [-0.05, 0) is 40.6 Å². The number of aryl methyl sites for hydroxylation is 1. The van der Waals surface area contributed by atoms with Crippen molar-refractivity contribution in [2.45, 2.75) is 32.4 Å². The van der Waals surface area contributed by atoms with Crippen LogP contribution >= 0.6 is 22.6 Å². The van der Waals surface area contributed by atoms with Gasteiger partial charge >= 0.3 is 0 Å². The third-order valence-electron chi connectivity index (χ3n) is 2.91. The Bertz CT molecular complexity index is 510. The third-order valence-corrected chi connectivity index (χ3v) is 3.89. The first kappa shape index (κ1) is 13.5. The molecule has 0 aliphatic rings. The summed E-state index contributed by atoms with van der Waals surface area (Å²) in [5.41, 5.74) is 0.976. The highest BCUT2D eigenvalue weighted by atomic mass is 127. The van der Waals surface area contributed by atoms with Crippen molar-refractivity contribution in [2.75, 3.05) is 0 Å². The molecule has 2 aromatic rings. The molecule has 0 fully saturated rings. The normalized spacial score (nSPS) is 12.6. The van der Waals surface area contributed by atoms with Gasteiger partial charge in [0.1, 0.15) is 5.82 Å². The van der Waals surface area contributed by atoms with E-state index in [0.29, 0.717) is 6.42 Å². The molecule has 0 amide bonds. The molecule has 3 nitrogen and oxygen atoms in total. The van der Waals surface area contributed by atoms with E-state index in [9.17, 15) is 5.11 Å². The highest BCUT2D eigenvalue weighted by molar-refractivity contribution is 14.1. The lowest BCUT2D eigenvalue weighted by molar-refractivity contribution is 0.173. The molecule has 0 saturated heterocycles. The number of nitrogens with zero attached hydrogens (tertiary/aromatic N) is 2. The lowest BCUT2D eigenvalue weighted by Crippen LogP contribution is -2.09. The van der Waals surface area contributed by atoms with Crippen LogP contribution in [0.25, 0.3) is 0 Å². The van der Waals surface area contributed by atoms with Gasteiger partial charge in [0.05, 0.1) is 6.10 Å². The van der Waals surface area contributed by atoms with E-state index < -0.39 is 6.10 Å². The lowest BCUT2D eigenvalue weighted by Gasteiger charge is -2.13. The fraction of sp³-hybridized carbons (Fsp3) is 0.357. The topological polar surface area (TPSA) is 38.0 Å². The number of benzene rings is 1. The Balaban J connectivity index is 2.14. The molecule has 0 spiro atoms. The number of imidazole rings is 1. The average Bonchev–Trinajstić information content (AvgIpc) is 2.78. The highest BCUT2D eigenvalue weighted by Crippen LogP contribution is 2.22. The van der Waals surface area contributed by atoms with Crippen molar-refractivity contribution in [3.8, 4) is 0 Å². The van der Waals surface area contributed by atoms with Crippen LogP contribution in [0.4, 0.5) is 0 Å². The van der Waals surface area contributed by atoms with Gasteiger partial charge in [0.2, 0.25) is 0 Å². The second kappa shape index (κ2) is 6.33. The molecule has 1 unspecified atom stereocenters. The molecule has 1 aromatic heterocycles. The van der Waals surface area contributed by atoms with Crippen LogP contribution in [0, 0.1) is 3.57 Å². The van der Waals surface area contributed by atoms with E-state index in [2.05, 4.69) is 39.1 Å². The average molecular weight is 356 g/mol. The molecule has 1 atom stereocenters. The van der Waals surface area contributed by atoms with E-state index >= 15 is 0 Å². The Labute approximate surface area is 121 Å². The number of halogens is 1. The van der Waals surface area contributed by atoms with Gasteiger partial charge in [0.25, 0.3) is 0 Å². The van der Waals surface area contributed by atoms with Crippen molar-refractivity contribution in [2.24, 2.45) is 0 Å². The van der Waals surface area contributed by atoms with Crippen molar-refractivity contribution in [1.29, 1.82) is 0 Å². The maximum Gasteiger partial charge on any atom is 0.111 e. The first-order valence-corrected chi connectivity index (χ1v) is 7.22. The Morgan fingerprint density at radius 3 is 2.89 bits per heavy atom. The molecule has 0 radical (unpaired) electrons. The Hall–Kier alpha value is -0.880. The van der Waals surface area contributed by atoms with Crippen molar-refractivity contribution < 1.29 is 5.11 Å². The van der Waals surface area contributed by atoms with E-state index in [0.717, 1.165) is 27.9 Å². The molecule has 4 heteroatoms. The largest absolute Gasteiger partial charge is 0.388 e. The van der Waals surface area contributed by atoms with E-state index in [-0.39, 0.29) is 0 Å². The second-order valence-electron chi connectivity index (χ2n) is 4.28. The van der Waals surface area contributed by atoms with Gasteiger partial charge < -0.3 is 9.67 Å². The molecule has 0 aliphatic heterocycles. The summed E-state index contributed by atoms with van der Waals surface area (Å²) in [6.45, 7) is 3.09. The number of hydrogen-bond donors (Lipinski definition) is 1. The minimum Gasteiger partial charge on any atom is -0.388 e. The molecule has 0 bridgehead atoms. The number of aliphatic hydroxyl groups excluding tert-OH is 1. The van der Waals surface area contributed by atoms with Crippen LogP contribution in [-0.2, 0) is 13.0 Å². The summed E-state index contributed by atoms with van der Waals surface area (Å²) in [7, 11) is 0. The summed E-state index contributed by atoms with van der Waals surface area (Å²) in [4.78, 5) is 4.33. The molecular weight excluding hydrogens is 339 g/mol. The van der Waals surface area contributed by atoms with Gasteiger partial charge in [-0.2, -0.15) is 0 Å². The van der Waals surface area contributed by atoms with Crippen LogP contribution in [-0.4, -0.2) is 14.7 Å². The van der Waals surface area contributed by atoms with Crippen LogP contribution in [0.5, 0.6) is 0 Å². The second-order valence-corrected chi connectivity index (χ2v) is 5.44. The van der Waals surface area contributed by atoms with Gasteiger partial charge in [-0.15, -0.1) is 0 Å². The van der Waals surface area contributed by atoms with Crippen LogP contribution in [0.3, 0.4) is 0 Å². The van der Waals surface area contributed by atoms with Gasteiger partial charge in [0.15, 0.2) is 0 Å². The predicted molar refractivity (Wildman–Crippen MR) is 80.3 cm³/mol. The van der Waals surface area contributed by atoms with Gasteiger partial charge in [-0.3, -0.25) is 0 Å². The monoisotopic (exact) mass is 356 g/mol. The van der Waals surface area contributed by atoms with Crippen LogP contribution in [0.2, 0.25) is 0 Å². The van der Waals surface area contributed by atoms with E-state index in [4.69, 9.17) is 0 Å². The maximum absolute atomic E-state index is 10.3. The zero-order chi connectivity index (χ0) is 13.0. The summed E-state index contributed by atoms with van der Waals surface area (Å²) in [5, 5.41) is 10.3. The number of aliphatic hydroxyl groups is 1. The molecule has 96 valence electrons. The Kier molecular flexibility index (Phi) is 4.77. The molecular formula is C14H17IN2O. The summed E-state index contributed by atoms with van der Waals surface area (Å²) < 4.78 is 3.20. The van der Waals surface area contributed by atoms with E-state index in [1.165, 1.54) is 0 Å². The molecule has 1 heterocycles. The fourth-order valence-electron chi connectivity index (χ4n) is 2.00. The molecule has 1 N–H and O–H groups in total. The summed E-state index contributed by atoms with van der Waals surface area (Å²) >= 11 is 2.25. The zero-order valence-corrected chi connectivity index (χ0v) is 12.5. The van der Waals surface area contributed by atoms with Gasteiger partial charge in [-0.1, -0.05) is 25.1 Å². The summed E-state index contributed by atoms with van der Waals surface area (Å²) in [5.74, 6) is 0.948. The number of aromatic nitrogens is 2. The summed E-state index contributed by atoms with van der Waals surface area (Å²) in [6, 6.07) is 7.92. The molecule has 18 heavy (non-hydrogen) atoms. The molecule has 1 aromatic carbocycles. The fourth-order valence-corrected chi connectivity index (χ4v) is 2.75. The smallest absolute Gasteiger partial charge is 0.111 e. The minimum atomic E-state index is -0.490. The predicted octanol–water partition coefficient (Wildman–Crippen LogP) is 3.17. The van der Waals surface area contributed by atoms with Crippen molar-refractivity contribution >= 4 is 22.6 Å². The van der Waals surface area contributed by atoms with Gasteiger partial charge in [0, 0.05) is 28.9 Å².